The highest BCUT2D eigenvalue weighted by Gasteiger charge is 2.00. The van der Waals surface area contributed by atoms with Gasteiger partial charge in [0.2, 0.25) is 0 Å². The summed E-state index contributed by atoms with van der Waals surface area (Å²) in [7, 11) is 1.72. The highest BCUT2D eigenvalue weighted by Crippen LogP contribution is 2.00. The van der Waals surface area contributed by atoms with Gasteiger partial charge in [-0.1, -0.05) is 13.3 Å². The molecular formula is C13H28O4. The fourth-order valence-corrected chi connectivity index (χ4v) is 1.41. The van der Waals surface area contributed by atoms with E-state index in [9.17, 15) is 5.11 Å². The van der Waals surface area contributed by atoms with Crippen molar-refractivity contribution >= 4 is 0 Å². The molecule has 0 fully saturated rings. The molecule has 0 heterocycles. The first-order chi connectivity index (χ1) is 8.31. The monoisotopic (exact) mass is 248 g/mol. The maximum absolute atomic E-state index is 9.31. The molecule has 0 aromatic rings. The van der Waals surface area contributed by atoms with Crippen LogP contribution in [-0.2, 0) is 14.2 Å². The number of unbranched alkanes of at least 4 members (excludes halogenated alkanes) is 2. The third-order valence-corrected chi connectivity index (χ3v) is 2.42. The first kappa shape index (κ1) is 16.8. The van der Waals surface area contributed by atoms with Gasteiger partial charge >= 0.3 is 0 Å². The standard InChI is InChI=1S/C13H28O4/c1-3-8-13(14)17-12-7-6-11-16-10-5-4-9-15-2/h13-14H,3-12H2,1-2H3. The summed E-state index contributed by atoms with van der Waals surface area (Å²) in [6.45, 7) is 5.05. The smallest absolute Gasteiger partial charge is 0.154 e. The van der Waals surface area contributed by atoms with E-state index in [0.717, 1.165) is 58.3 Å². The summed E-state index contributed by atoms with van der Waals surface area (Å²) in [6.07, 6.45) is 5.13. The topological polar surface area (TPSA) is 47.9 Å². The first-order valence-corrected chi connectivity index (χ1v) is 6.67. The Morgan fingerprint density at radius 3 is 2.12 bits per heavy atom. The lowest BCUT2D eigenvalue weighted by atomic mass is 10.3. The van der Waals surface area contributed by atoms with Gasteiger partial charge < -0.3 is 19.3 Å². The molecule has 1 unspecified atom stereocenters. The number of methoxy groups -OCH3 is 1. The molecule has 4 nitrogen and oxygen atoms in total. The van der Waals surface area contributed by atoms with Crippen molar-refractivity contribution in [3.8, 4) is 0 Å². The van der Waals surface area contributed by atoms with E-state index in [0.29, 0.717) is 6.61 Å². The van der Waals surface area contributed by atoms with Gasteiger partial charge in [-0.2, -0.15) is 0 Å². The van der Waals surface area contributed by atoms with Crippen LogP contribution in [0.15, 0.2) is 0 Å². The molecular weight excluding hydrogens is 220 g/mol. The van der Waals surface area contributed by atoms with Crippen molar-refractivity contribution in [1.82, 2.24) is 0 Å². The van der Waals surface area contributed by atoms with E-state index in [2.05, 4.69) is 0 Å². The predicted molar refractivity (Wildman–Crippen MR) is 68.0 cm³/mol. The third-order valence-electron chi connectivity index (χ3n) is 2.42. The SMILES string of the molecule is CCCC(O)OCCCCOCCCCOC. The lowest BCUT2D eigenvalue weighted by Crippen LogP contribution is -2.12. The Morgan fingerprint density at radius 2 is 1.53 bits per heavy atom. The number of hydrogen-bond donors (Lipinski definition) is 1. The van der Waals surface area contributed by atoms with Crippen LogP contribution in [0.25, 0.3) is 0 Å². The van der Waals surface area contributed by atoms with Gasteiger partial charge in [-0.25, -0.2) is 0 Å². The zero-order chi connectivity index (χ0) is 12.8. The number of ether oxygens (including phenoxy) is 3. The highest BCUT2D eigenvalue weighted by molar-refractivity contribution is 4.43. The van der Waals surface area contributed by atoms with Gasteiger partial charge in [0, 0.05) is 33.5 Å². The van der Waals surface area contributed by atoms with Crippen molar-refractivity contribution in [1.29, 1.82) is 0 Å². The molecule has 0 aliphatic carbocycles. The van der Waals surface area contributed by atoms with E-state index in [1.807, 2.05) is 6.92 Å². The van der Waals surface area contributed by atoms with Crippen LogP contribution in [0.5, 0.6) is 0 Å². The zero-order valence-corrected chi connectivity index (χ0v) is 11.3. The van der Waals surface area contributed by atoms with Crippen LogP contribution in [0.4, 0.5) is 0 Å². The normalized spacial score (nSPS) is 12.9. The third kappa shape index (κ3) is 13.8. The zero-order valence-electron chi connectivity index (χ0n) is 11.3. The lowest BCUT2D eigenvalue weighted by molar-refractivity contribution is -0.104. The number of aliphatic hydroxyl groups excluding tert-OH is 1. The Hall–Kier alpha value is -0.160. The quantitative estimate of drug-likeness (QED) is 0.401. The number of rotatable bonds is 13. The van der Waals surface area contributed by atoms with E-state index in [-0.39, 0.29) is 0 Å². The summed E-state index contributed by atoms with van der Waals surface area (Å²) >= 11 is 0. The molecule has 0 saturated carbocycles. The van der Waals surface area contributed by atoms with Crippen molar-refractivity contribution in [2.24, 2.45) is 0 Å². The average molecular weight is 248 g/mol. The summed E-state index contributed by atoms with van der Waals surface area (Å²) in [6, 6.07) is 0. The Morgan fingerprint density at radius 1 is 0.941 bits per heavy atom. The van der Waals surface area contributed by atoms with Crippen molar-refractivity contribution in [3.63, 3.8) is 0 Å². The molecule has 0 rings (SSSR count). The van der Waals surface area contributed by atoms with Gasteiger partial charge in [-0.05, 0) is 32.1 Å². The molecule has 1 atom stereocenters. The molecule has 0 bridgehead atoms. The minimum Gasteiger partial charge on any atom is -0.385 e. The van der Waals surface area contributed by atoms with E-state index in [1.54, 1.807) is 7.11 Å². The molecule has 4 heteroatoms. The average Bonchev–Trinajstić information content (AvgIpc) is 2.32. The molecule has 17 heavy (non-hydrogen) atoms. The molecule has 0 spiro atoms. The molecule has 0 aliphatic rings. The van der Waals surface area contributed by atoms with Crippen LogP contribution in [0.2, 0.25) is 0 Å². The van der Waals surface area contributed by atoms with Gasteiger partial charge in [0.05, 0.1) is 0 Å². The maximum Gasteiger partial charge on any atom is 0.154 e. The van der Waals surface area contributed by atoms with Crippen LogP contribution in [-0.4, -0.2) is 44.9 Å². The molecule has 0 aromatic heterocycles. The number of aliphatic hydroxyl groups is 1. The van der Waals surface area contributed by atoms with E-state index >= 15 is 0 Å². The predicted octanol–water partition coefficient (Wildman–Crippen LogP) is 2.34. The summed E-state index contributed by atoms with van der Waals surface area (Å²) in [4.78, 5) is 0. The Kier molecular flexibility index (Phi) is 13.8. The Labute approximate surface area is 105 Å². The Balaban J connectivity index is 2.98. The molecule has 0 radical (unpaired) electrons. The van der Waals surface area contributed by atoms with Crippen molar-refractivity contribution in [3.05, 3.63) is 0 Å². The summed E-state index contributed by atoms with van der Waals surface area (Å²) in [5, 5.41) is 9.31. The van der Waals surface area contributed by atoms with Crippen LogP contribution in [0, 0.1) is 0 Å². The van der Waals surface area contributed by atoms with Gasteiger partial charge in [0.25, 0.3) is 0 Å². The molecule has 0 saturated heterocycles. The first-order valence-electron chi connectivity index (χ1n) is 6.67. The van der Waals surface area contributed by atoms with E-state index in [1.165, 1.54) is 0 Å². The summed E-state index contributed by atoms with van der Waals surface area (Å²) < 4.78 is 15.6. The molecule has 0 aromatic carbocycles. The van der Waals surface area contributed by atoms with E-state index < -0.39 is 6.29 Å². The minimum atomic E-state index is -0.588. The largest absolute Gasteiger partial charge is 0.385 e. The number of hydrogen-bond acceptors (Lipinski definition) is 4. The molecule has 0 aliphatic heterocycles. The lowest BCUT2D eigenvalue weighted by Gasteiger charge is -2.10. The summed E-state index contributed by atoms with van der Waals surface area (Å²) in [5.41, 5.74) is 0. The second-order valence-corrected chi connectivity index (χ2v) is 4.13. The van der Waals surface area contributed by atoms with Crippen molar-refractivity contribution in [2.75, 3.05) is 33.5 Å². The highest BCUT2D eigenvalue weighted by atomic mass is 16.6. The second kappa shape index (κ2) is 13.9. The van der Waals surface area contributed by atoms with Gasteiger partial charge in [0.1, 0.15) is 0 Å². The van der Waals surface area contributed by atoms with Crippen LogP contribution in [0.1, 0.15) is 45.4 Å². The van der Waals surface area contributed by atoms with Crippen LogP contribution in [0.3, 0.4) is 0 Å². The molecule has 0 amide bonds. The summed E-state index contributed by atoms with van der Waals surface area (Å²) in [5.74, 6) is 0. The van der Waals surface area contributed by atoms with Crippen LogP contribution >= 0.6 is 0 Å². The molecule has 1 N–H and O–H groups in total. The van der Waals surface area contributed by atoms with Gasteiger partial charge in [-0.15, -0.1) is 0 Å². The van der Waals surface area contributed by atoms with Gasteiger partial charge in [-0.3, -0.25) is 0 Å². The second-order valence-electron chi connectivity index (χ2n) is 4.13. The maximum atomic E-state index is 9.31. The Bertz CT molecular complexity index is 141. The fourth-order valence-electron chi connectivity index (χ4n) is 1.41. The van der Waals surface area contributed by atoms with Crippen molar-refractivity contribution < 1.29 is 19.3 Å². The van der Waals surface area contributed by atoms with E-state index in [4.69, 9.17) is 14.2 Å². The fraction of sp³-hybridized carbons (Fsp3) is 1.00. The van der Waals surface area contributed by atoms with Gasteiger partial charge in [0.15, 0.2) is 6.29 Å². The van der Waals surface area contributed by atoms with Crippen LogP contribution < -0.4 is 0 Å². The van der Waals surface area contributed by atoms with Crippen molar-refractivity contribution in [2.45, 2.75) is 51.7 Å². The molecule has 104 valence electrons. The minimum absolute atomic E-state index is 0.588.